The summed E-state index contributed by atoms with van der Waals surface area (Å²) < 4.78 is 6.81. The lowest BCUT2D eigenvalue weighted by molar-refractivity contribution is -0.0270. The monoisotopic (exact) mass is 368 g/mol. The van der Waals surface area contributed by atoms with E-state index in [1.165, 1.54) is 11.1 Å². The Morgan fingerprint density at radius 1 is 0.630 bits per heavy atom. The topological polar surface area (TPSA) is 15.7 Å². The number of ether oxygens (including phenoxy) is 1. The maximum Gasteiger partial charge on any atom is 0.108 e. The van der Waals surface area contributed by atoms with E-state index in [2.05, 4.69) is 98.2 Å². The third kappa shape index (κ3) is 6.76. The molecular formula is C24H36N2O. The van der Waals surface area contributed by atoms with E-state index in [4.69, 9.17) is 4.74 Å². The van der Waals surface area contributed by atoms with Crippen molar-refractivity contribution in [2.45, 2.75) is 39.9 Å². The van der Waals surface area contributed by atoms with E-state index in [0.717, 1.165) is 39.3 Å². The molecule has 0 aliphatic heterocycles. The van der Waals surface area contributed by atoms with Gasteiger partial charge in [-0.05, 0) is 37.3 Å². The van der Waals surface area contributed by atoms with Crippen LogP contribution in [0.1, 0.15) is 44.9 Å². The van der Waals surface area contributed by atoms with Crippen molar-refractivity contribution >= 4 is 0 Å². The first-order valence-electron chi connectivity index (χ1n) is 10.4. The summed E-state index contributed by atoms with van der Waals surface area (Å²) in [5.74, 6) is 0. The van der Waals surface area contributed by atoms with E-state index in [1.807, 2.05) is 0 Å². The molecule has 2 aromatic carbocycles. The number of benzene rings is 2. The number of nitrogens with zero attached hydrogens (tertiary/aromatic N) is 2. The number of likely N-dealkylation sites (N-methyl/N-ethyl adjacent to an activating group) is 2. The van der Waals surface area contributed by atoms with Gasteiger partial charge in [-0.2, -0.15) is 0 Å². The Morgan fingerprint density at radius 2 is 1.00 bits per heavy atom. The van der Waals surface area contributed by atoms with E-state index in [1.54, 1.807) is 0 Å². The molecule has 2 aromatic rings. The van der Waals surface area contributed by atoms with Gasteiger partial charge in [0.05, 0.1) is 6.10 Å². The van der Waals surface area contributed by atoms with Crippen molar-refractivity contribution in [1.82, 2.24) is 9.80 Å². The third-order valence-electron chi connectivity index (χ3n) is 5.25. The van der Waals surface area contributed by atoms with Gasteiger partial charge < -0.3 is 14.5 Å². The second-order valence-corrected chi connectivity index (χ2v) is 6.93. The van der Waals surface area contributed by atoms with Crippen molar-refractivity contribution in [2.24, 2.45) is 0 Å². The smallest absolute Gasteiger partial charge is 0.108 e. The van der Waals surface area contributed by atoms with E-state index in [9.17, 15) is 0 Å². The van der Waals surface area contributed by atoms with Gasteiger partial charge in [-0.3, -0.25) is 0 Å². The summed E-state index contributed by atoms with van der Waals surface area (Å²) in [5.41, 5.74) is 2.43. The molecule has 0 radical (unpaired) electrons. The van der Waals surface area contributed by atoms with Crippen LogP contribution in [0.15, 0.2) is 60.7 Å². The van der Waals surface area contributed by atoms with Gasteiger partial charge in [0, 0.05) is 13.1 Å². The minimum Gasteiger partial charge on any atom is -0.363 e. The second kappa shape index (κ2) is 11.9. The summed E-state index contributed by atoms with van der Waals surface area (Å²) in [6.45, 7) is 15.0. The molecule has 0 fully saturated rings. The summed E-state index contributed by atoms with van der Waals surface area (Å²) in [7, 11) is 0. The quantitative estimate of drug-likeness (QED) is 0.533. The Balaban J connectivity index is 2.27. The summed E-state index contributed by atoms with van der Waals surface area (Å²) in [4.78, 5) is 4.92. The first kappa shape index (κ1) is 21.6. The molecular weight excluding hydrogens is 332 g/mol. The Labute approximate surface area is 166 Å². The second-order valence-electron chi connectivity index (χ2n) is 6.93. The lowest BCUT2D eigenvalue weighted by Crippen LogP contribution is -2.42. The molecule has 0 saturated heterocycles. The Bertz CT molecular complexity index is 555. The zero-order chi connectivity index (χ0) is 19.5. The van der Waals surface area contributed by atoms with E-state index in [0.29, 0.717) is 0 Å². The molecule has 2 rings (SSSR count). The number of hydrogen-bond donors (Lipinski definition) is 0. The van der Waals surface area contributed by atoms with E-state index in [-0.39, 0.29) is 12.2 Å². The molecule has 0 aliphatic rings. The standard InChI is InChI=1S/C24H36N2O/c1-5-25(6-2)19-23(20-26(7-3)8-4)27-24(21-15-11-9-12-16-21)22-17-13-10-14-18-22/h9-18,23-24H,5-8,19-20H2,1-4H3. The molecule has 0 atom stereocenters. The van der Waals surface area contributed by atoms with Gasteiger partial charge in [0.25, 0.3) is 0 Å². The SMILES string of the molecule is CCN(CC)CC(CN(CC)CC)OC(c1ccccc1)c1ccccc1. The molecule has 0 unspecified atom stereocenters. The highest BCUT2D eigenvalue weighted by molar-refractivity contribution is 5.30. The van der Waals surface area contributed by atoms with Gasteiger partial charge in [0.15, 0.2) is 0 Å². The van der Waals surface area contributed by atoms with Crippen LogP contribution in [-0.2, 0) is 4.74 Å². The average Bonchev–Trinajstić information content (AvgIpc) is 2.74. The van der Waals surface area contributed by atoms with Crippen LogP contribution in [0.2, 0.25) is 0 Å². The summed E-state index contributed by atoms with van der Waals surface area (Å²) in [5, 5.41) is 0. The van der Waals surface area contributed by atoms with Gasteiger partial charge in [0.1, 0.15) is 6.10 Å². The van der Waals surface area contributed by atoms with Crippen LogP contribution >= 0.6 is 0 Å². The maximum absolute atomic E-state index is 6.81. The molecule has 0 spiro atoms. The minimum absolute atomic E-state index is 0.0384. The molecule has 0 aliphatic carbocycles. The highest BCUT2D eigenvalue weighted by atomic mass is 16.5. The first-order chi connectivity index (χ1) is 13.2. The van der Waals surface area contributed by atoms with Gasteiger partial charge >= 0.3 is 0 Å². The van der Waals surface area contributed by atoms with Crippen LogP contribution in [-0.4, -0.2) is 55.2 Å². The molecule has 27 heavy (non-hydrogen) atoms. The van der Waals surface area contributed by atoms with Crippen molar-refractivity contribution < 1.29 is 4.74 Å². The molecule has 0 amide bonds. The van der Waals surface area contributed by atoms with Crippen molar-refractivity contribution in [2.75, 3.05) is 39.3 Å². The van der Waals surface area contributed by atoms with Crippen LogP contribution in [0.3, 0.4) is 0 Å². The van der Waals surface area contributed by atoms with Crippen LogP contribution in [0, 0.1) is 0 Å². The zero-order valence-electron chi connectivity index (χ0n) is 17.5. The lowest BCUT2D eigenvalue weighted by atomic mass is 10.0. The van der Waals surface area contributed by atoms with Crippen LogP contribution in [0.5, 0.6) is 0 Å². The lowest BCUT2D eigenvalue weighted by Gasteiger charge is -2.33. The third-order valence-corrected chi connectivity index (χ3v) is 5.25. The normalized spacial score (nSPS) is 11.9. The van der Waals surface area contributed by atoms with Crippen molar-refractivity contribution in [1.29, 1.82) is 0 Å². The summed E-state index contributed by atoms with van der Waals surface area (Å²) in [6.07, 6.45) is 0.124. The number of hydrogen-bond acceptors (Lipinski definition) is 3. The summed E-state index contributed by atoms with van der Waals surface area (Å²) in [6, 6.07) is 21.2. The summed E-state index contributed by atoms with van der Waals surface area (Å²) >= 11 is 0. The molecule has 3 heteroatoms. The predicted molar refractivity (Wildman–Crippen MR) is 115 cm³/mol. The predicted octanol–water partition coefficient (Wildman–Crippen LogP) is 4.84. The first-order valence-corrected chi connectivity index (χ1v) is 10.4. The molecule has 0 bridgehead atoms. The molecule has 0 saturated carbocycles. The van der Waals surface area contributed by atoms with E-state index >= 15 is 0 Å². The highest BCUT2D eigenvalue weighted by Gasteiger charge is 2.23. The maximum atomic E-state index is 6.81. The zero-order valence-corrected chi connectivity index (χ0v) is 17.5. The average molecular weight is 369 g/mol. The van der Waals surface area contributed by atoms with Gasteiger partial charge in [-0.1, -0.05) is 88.4 Å². The fourth-order valence-electron chi connectivity index (χ4n) is 3.48. The highest BCUT2D eigenvalue weighted by Crippen LogP contribution is 2.27. The van der Waals surface area contributed by atoms with Gasteiger partial charge in [0.2, 0.25) is 0 Å². The van der Waals surface area contributed by atoms with Crippen molar-refractivity contribution in [3.63, 3.8) is 0 Å². The molecule has 148 valence electrons. The van der Waals surface area contributed by atoms with Crippen molar-refractivity contribution in [3.05, 3.63) is 71.8 Å². The molecule has 0 aromatic heterocycles. The van der Waals surface area contributed by atoms with Crippen LogP contribution < -0.4 is 0 Å². The van der Waals surface area contributed by atoms with Crippen LogP contribution in [0.4, 0.5) is 0 Å². The Hall–Kier alpha value is -1.68. The van der Waals surface area contributed by atoms with E-state index < -0.39 is 0 Å². The Kier molecular flexibility index (Phi) is 9.54. The van der Waals surface area contributed by atoms with Gasteiger partial charge in [-0.25, -0.2) is 0 Å². The largest absolute Gasteiger partial charge is 0.363 e. The number of rotatable bonds is 12. The fourth-order valence-corrected chi connectivity index (χ4v) is 3.48. The fraction of sp³-hybridized carbons (Fsp3) is 0.500. The molecule has 3 nitrogen and oxygen atoms in total. The Morgan fingerprint density at radius 3 is 1.33 bits per heavy atom. The van der Waals surface area contributed by atoms with Gasteiger partial charge in [-0.15, -0.1) is 0 Å². The molecule has 0 heterocycles. The van der Waals surface area contributed by atoms with Crippen molar-refractivity contribution in [3.8, 4) is 0 Å². The molecule has 0 N–H and O–H groups in total. The van der Waals surface area contributed by atoms with Crippen LogP contribution in [0.25, 0.3) is 0 Å². The minimum atomic E-state index is -0.0384.